The highest BCUT2D eigenvalue weighted by molar-refractivity contribution is 7.80. The lowest BCUT2D eigenvalue weighted by molar-refractivity contribution is 0.624. The molecule has 0 aliphatic carbocycles. The average molecular weight is 261 g/mol. The normalized spacial score (nSPS) is 10.3. The third-order valence-electron chi connectivity index (χ3n) is 1.85. The lowest BCUT2D eigenvalue weighted by Gasteiger charge is -2.12. The molecular formula is C11H14ClFN2S. The molecule has 0 atom stereocenters. The van der Waals surface area contributed by atoms with E-state index in [2.05, 4.69) is 24.5 Å². The summed E-state index contributed by atoms with van der Waals surface area (Å²) in [5, 5.41) is 6.62. The second kappa shape index (κ2) is 6.01. The van der Waals surface area contributed by atoms with Crippen molar-refractivity contribution in [2.24, 2.45) is 5.92 Å². The fraction of sp³-hybridized carbons (Fsp3) is 0.364. The SMILES string of the molecule is CC(C)CNC(=S)Nc1cc(Cl)ccc1F. The molecule has 0 aliphatic rings. The number of anilines is 1. The Hall–Kier alpha value is -0.870. The lowest BCUT2D eigenvalue weighted by Crippen LogP contribution is -2.31. The summed E-state index contributed by atoms with van der Waals surface area (Å²) in [5.41, 5.74) is 0.286. The molecule has 0 saturated heterocycles. The van der Waals surface area contributed by atoms with Gasteiger partial charge >= 0.3 is 0 Å². The molecule has 0 unspecified atom stereocenters. The molecule has 0 heterocycles. The summed E-state index contributed by atoms with van der Waals surface area (Å²) in [4.78, 5) is 0. The first-order valence-electron chi connectivity index (χ1n) is 4.99. The number of hydrogen-bond donors (Lipinski definition) is 2. The molecule has 1 rings (SSSR count). The third kappa shape index (κ3) is 4.33. The minimum Gasteiger partial charge on any atom is -0.362 e. The van der Waals surface area contributed by atoms with Crippen LogP contribution in [0.2, 0.25) is 5.02 Å². The van der Waals surface area contributed by atoms with Gasteiger partial charge in [0.1, 0.15) is 5.82 Å². The smallest absolute Gasteiger partial charge is 0.170 e. The first-order valence-corrected chi connectivity index (χ1v) is 5.77. The van der Waals surface area contributed by atoms with Crippen molar-refractivity contribution < 1.29 is 4.39 Å². The monoisotopic (exact) mass is 260 g/mol. The van der Waals surface area contributed by atoms with E-state index >= 15 is 0 Å². The minimum atomic E-state index is -0.377. The van der Waals surface area contributed by atoms with Crippen LogP contribution in [0.1, 0.15) is 13.8 Å². The highest BCUT2D eigenvalue weighted by Crippen LogP contribution is 2.19. The molecule has 0 aromatic heterocycles. The van der Waals surface area contributed by atoms with Gasteiger partial charge < -0.3 is 10.6 Å². The Kier molecular flexibility index (Phi) is 4.96. The van der Waals surface area contributed by atoms with Crippen molar-refractivity contribution in [2.45, 2.75) is 13.8 Å². The van der Waals surface area contributed by atoms with Crippen LogP contribution >= 0.6 is 23.8 Å². The Balaban J connectivity index is 2.59. The van der Waals surface area contributed by atoms with Crippen molar-refractivity contribution in [1.29, 1.82) is 0 Å². The van der Waals surface area contributed by atoms with Gasteiger partial charge in [-0.25, -0.2) is 4.39 Å². The lowest BCUT2D eigenvalue weighted by atomic mass is 10.2. The van der Waals surface area contributed by atoms with Crippen molar-refractivity contribution in [3.05, 3.63) is 29.0 Å². The van der Waals surface area contributed by atoms with Crippen LogP contribution in [-0.4, -0.2) is 11.7 Å². The molecule has 0 saturated carbocycles. The predicted octanol–water partition coefficient (Wildman–Crippen LogP) is 3.42. The fourth-order valence-electron chi connectivity index (χ4n) is 1.06. The Labute approximate surface area is 105 Å². The maximum atomic E-state index is 13.3. The van der Waals surface area contributed by atoms with E-state index < -0.39 is 0 Å². The average Bonchev–Trinajstić information content (AvgIpc) is 2.20. The third-order valence-corrected chi connectivity index (χ3v) is 2.33. The zero-order valence-corrected chi connectivity index (χ0v) is 10.8. The second-order valence-electron chi connectivity index (χ2n) is 3.85. The number of halogens is 2. The molecule has 0 amide bonds. The quantitative estimate of drug-likeness (QED) is 0.815. The molecule has 0 fully saturated rings. The summed E-state index contributed by atoms with van der Waals surface area (Å²) in [7, 11) is 0. The highest BCUT2D eigenvalue weighted by Gasteiger charge is 2.05. The summed E-state index contributed by atoms with van der Waals surface area (Å²) >= 11 is 10.8. The molecule has 1 aromatic carbocycles. The zero-order chi connectivity index (χ0) is 12.1. The number of rotatable bonds is 3. The predicted molar refractivity (Wildman–Crippen MR) is 70.5 cm³/mol. The number of hydrogen-bond acceptors (Lipinski definition) is 1. The van der Waals surface area contributed by atoms with Gasteiger partial charge in [-0.1, -0.05) is 25.4 Å². The van der Waals surface area contributed by atoms with E-state index in [9.17, 15) is 4.39 Å². The van der Waals surface area contributed by atoms with E-state index in [4.69, 9.17) is 23.8 Å². The van der Waals surface area contributed by atoms with Gasteiger partial charge in [0.25, 0.3) is 0 Å². The van der Waals surface area contributed by atoms with Crippen LogP contribution < -0.4 is 10.6 Å². The summed E-state index contributed by atoms with van der Waals surface area (Å²) < 4.78 is 13.3. The van der Waals surface area contributed by atoms with Crippen LogP contribution in [0.15, 0.2) is 18.2 Å². The summed E-state index contributed by atoms with van der Waals surface area (Å²) in [6.07, 6.45) is 0. The van der Waals surface area contributed by atoms with E-state index in [1.807, 2.05) is 0 Å². The Morgan fingerprint density at radius 1 is 1.50 bits per heavy atom. The van der Waals surface area contributed by atoms with E-state index in [1.54, 1.807) is 0 Å². The van der Waals surface area contributed by atoms with E-state index in [-0.39, 0.29) is 11.5 Å². The van der Waals surface area contributed by atoms with Crippen molar-refractivity contribution >= 4 is 34.6 Å². The topological polar surface area (TPSA) is 24.1 Å². The van der Waals surface area contributed by atoms with Crippen molar-refractivity contribution in [3.8, 4) is 0 Å². The van der Waals surface area contributed by atoms with Gasteiger partial charge in [-0.3, -0.25) is 0 Å². The second-order valence-corrected chi connectivity index (χ2v) is 4.70. The van der Waals surface area contributed by atoms with Gasteiger partial charge in [-0.05, 0) is 36.3 Å². The molecule has 1 aromatic rings. The number of benzene rings is 1. The molecule has 0 aliphatic heterocycles. The maximum Gasteiger partial charge on any atom is 0.170 e. The zero-order valence-electron chi connectivity index (χ0n) is 9.18. The molecule has 0 spiro atoms. The van der Waals surface area contributed by atoms with Gasteiger partial charge in [-0.15, -0.1) is 0 Å². The number of thiocarbonyl (C=S) groups is 1. The minimum absolute atomic E-state index is 0.286. The molecule has 16 heavy (non-hydrogen) atoms. The summed E-state index contributed by atoms with van der Waals surface area (Å²) in [5.74, 6) is 0.0991. The van der Waals surface area contributed by atoms with Crippen molar-refractivity contribution in [1.82, 2.24) is 5.32 Å². The van der Waals surface area contributed by atoms with E-state index in [0.29, 0.717) is 16.1 Å². The standard InChI is InChI=1S/C11H14ClFN2S/c1-7(2)6-14-11(16)15-10-5-8(12)3-4-9(10)13/h3-5,7H,6H2,1-2H3,(H2,14,15,16). The fourth-order valence-corrected chi connectivity index (χ4v) is 1.42. The Morgan fingerprint density at radius 2 is 2.19 bits per heavy atom. The van der Waals surface area contributed by atoms with Crippen LogP contribution in [0.3, 0.4) is 0 Å². The Bertz CT molecular complexity index is 382. The molecule has 2 N–H and O–H groups in total. The van der Waals surface area contributed by atoms with Crippen LogP contribution in [0.5, 0.6) is 0 Å². The van der Waals surface area contributed by atoms with Crippen LogP contribution in [-0.2, 0) is 0 Å². The molecular weight excluding hydrogens is 247 g/mol. The molecule has 0 radical (unpaired) electrons. The van der Waals surface area contributed by atoms with Crippen molar-refractivity contribution in [3.63, 3.8) is 0 Å². The van der Waals surface area contributed by atoms with Gasteiger partial charge in [0.05, 0.1) is 5.69 Å². The van der Waals surface area contributed by atoms with Crippen LogP contribution in [0.4, 0.5) is 10.1 Å². The number of nitrogens with one attached hydrogen (secondary N) is 2. The first-order chi connectivity index (χ1) is 7.49. The van der Waals surface area contributed by atoms with Crippen molar-refractivity contribution in [2.75, 3.05) is 11.9 Å². The largest absolute Gasteiger partial charge is 0.362 e. The highest BCUT2D eigenvalue weighted by atomic mass is 35.5. The summed E-state index contributed by atoms with van der Waals surface area (Å²) in [6, 6.07) is 4.29. The van der Waals surface area contributed by atoms with Gasteiger partial charge in [0.15, 0.2) is 5.11 Å². The first kappa shape index (κ1) is 13.2. The van der Waals surface area contributed by atoms with Crippen LogP contribution in [0.25, 0.3) is 0 Å². The van der Waals surface area contributed by atoms with Gasteiger partial charge in [0, 0.05) is 11.6 Å². The van der Waals surface area contributed by atoms with E-state index in [1.165, 1.54) is 18.2 Å². The molecule has 5 heteroatoms. The maximum absolute atomic E-state index is 13.3. The van der Waals surface area contributed by atoms with Gasteiger partial charge in [-0.2, -0.15) is 0 Å². The van der Waals surface area contributed by atoms with E-state index in [0.717, 1.165) is 6.54 Å². The molecule has 2 nitrogen and oxygen atoms in total. The van der Waals surface area contributed by atoms with Gasteiger partial charge in [0.2, 0.25) is 0 Å². The summed E-state index contributed by atoms with van der Waals surface area (Å²) in [6.45, 7) is 4.87. The molecule has 88 valence electrons. The van der Waals surface area contributed by atoms with Crippen LogP contribution in [0, 0.1) is 11.7 Å². The Morgan fingerprint density at radius 3 is 2.81 bits per heavy atom. The molecule has 0 bridgehead atoms.